The van der Waals surface area contributed by atoms with Crippen molar-refractivity contribution in [2.24, 2.45) is 0 Å². The van der Waals surface area contributed by atoms with Gasteiger partial charge in [0.25, 0.3) is 5.91 Å². The predicted octanol–water partition coefficient (Wildman–Crippen LogP) is 3.70. The third-order valence-electron chi connectivity index (χ3n) is 6.37. The molecule has 0 saturated carbocycles. The molecule has 0 spiro atoms. The van der Waals surface area contributed by atoms with Crippen LogP contribution in [-0.2, 0) is 17.7 Å². The number of amides is 1. The topological polar surface area (TPSA) is 115 Å². The number of esters is 1. The highest BCUT2D eigenvalue weighted by Crippen LogP contribution is 2.27. The van der Waals surface area contributed by atoms with E-state index in [1.54, 1.807) is 26.1 Å². The van der Waals surface area contributed by atoms with E-state index in [1.165, 1.54) is 0 Å². The molecule has 0 unspecified atom stereocenters. The van der Waals surface area contributed by atoms with E-state index in [9.17, 15) is 9.59 Å². The van der Waals surface area contributed by atoms with E-state index < -0.39 is 5.97 Å². The highest BCUT2D eigenvalue weighted by molar-refractivity contribution is 6.00. The summed E-state index contributed by atoms with van der Waals surface area (Å²) < 4.78 is 12.2. The maximum Gasteiger partial charge on any atom is 0.354 e. The van der Waals surface area contributed by atoms with Crippen molar-refractivity contribution in [1.29, 1.82) is 0 Å². The summed E-state index contributed by atoms with van der Waals surface area (Å²) in [5.74, 6) is 1.29. The Morgan fingerprint density at radius 1 is 1.22 bits per heavy atom. The zero-order chi connectivity index (χ0) is 25.2. The molecule has 0 atom stereocenters. The van der Waals surface area contributed by atoms with Crippen molar-refractivity contribution >= 4 is 28.5 Å². The summed E-state index contributed by atoms with van der Waals surface area (Å²) in [6.45, 7) is 8.01. The van der Waals surface area contributed by atoms with Gasteiger partial charge in [-0.15, -0.1) is 0 Å². The van der Waals surface area contributed by atoms with Gasteiger partial charge in [-0.05, 0) is 37.4 Å². The summed E-state index contributed by atoms with van der Waals surface area (Å²) >= 11 is 0. The second-order valence-electron chi connectivity index (χ2n) is 8.56. The van der Waals surface area contributed by atoms with E-state index >= 15 is 0 Å². The smallest absolute Gasteiger partial charge is 0.354 e. The van der Waals surface area contributed by atoms with Crippen molar-refractivity contribution in [3.05, 3.63) is 59.4 Å². The van der Waals surface area contributed by atoms with Crippen LogP contribution in [0.5, 0.6) is 0 Å². The summed E-state index contributed by atoms with van der Waals surface area (Å²) in [4.78, 5) is 36.2. The Bertz CT molecular complexity index is 1440. The standard InChI is InChI=1S/C26H28N6O4/c1-4-32-21-9-12-31(25(33)20(21)15-22(32)26(34)35-5-2)13-11-28-24-19-14-18(23-29-16(3)36-30-23)7-6-17(19)8-10-27-24/h6-8,10,14-15H,4-5,9,11-13H2,1-3H3,(H,27,28). The predicted molar refractivity (Wildman–Crippen MR) is 134 cm³/mol. The second kappa shape index (κ2) is 9.80. The first-order valence-electron chi connectivity index (χ1n) is 12.1. The zero-order valence-corrected chi connectivity index (χ0v) is 20.6. The molecule has 3 aromatic heterocycles. The Labute approximate surface area is 208 Å². The number of rotatable bonds is 8. The van der Waals surface area contributed by atoms with Gasteiger partial charge in [0.15, 0.2) is 0 Å². The van der Waals surface area contributed by atoms with Gasteiger partial charge in [0.2, 0.25) is 11.7 Å². The lowest BCUT2D eigenvalue weighted by Gasteiger charge is -2.28. The van der Waals surface area contributed by atoms with Gasteiger partial charge in [0, 0.05) is 62.4 Å². The number of nitrogens with zero attached hydrogens (tertiary/aromatic N) is 5. The number of hydrogen-bond acceptors (Lipinski definition) is 8. The molecule has 1 N–H and O–H groups in total. The van der Waals surface area contributed by atoms with Gasteiger partial charge >= 0.3 is 5.97 Å². The molecule has 4 aromatic rings. The molecule has 1 amide bonds. The van der Waals surface area contributed by atoms with Crippen LogP contribution in [0.15, 0.2) is 41.1 Å². The molecular weight excluding hydrogens is 460 g/mol. The average molecular weight is 489 g/mol. The van der Waals surface area contributed by atoms with Crippen molar-refractivity contribution in [3.63, 3.8) is 0 Å². The minimum Gasteiger partial charge on any atom is -0.461 e. The first-order chi connectivity index (χ1) is 17.5. The van der Waals surface area contributed by atoms with Crippen molar-refractivity contribution in [1.82, 2.24) is 24.6 Å². The molecule has 0 bridgehead atoms. The van der Waals surface area contributed by atoms with Gasteiger partial charge in [-0.3, -0.25) is 4.79 Å². The van der Waals surface area contributed by atoms with E-state index in [0.29, 0.717) is 62.2 Å². The summed E-state index contributed by atoms with van der Waals surface area (Å²) in [7, 11) is 0. The van der Waals surface area contributed by atoms with E-state index in [1.807, 2.05) is 40.7 Å². The van der Waals surface area contributed by atoms with E-state index in [4.69, 9.17) is 9.26 Å². The van der Waals surface area contributed by atoms with Gasteiger partial charge in [-0.25, -0.2) is 9.78 Å². The molecule has 36 heavy (non-hydrogen) atoms. The lowest BCUT2D eigenvalue weighted by Crippen LogP contribution is -2.40. The van der Waals surface area contributed by atoms with Gasteiger partial charge in [-0.2, -0.15) is 4.98 Å². The normalized spacial score (nSPS) is 13.2. The van der Waals surface area contributed by atoms with Crippen LogP contribution in [0.3, 0.4) is 0 Å². The fourth-order valence-corrected chi connectivity index (χ4v) is 4.68. The molecule has 186 valence electrons. The number of ether oxygens (including phenoxy) is 1. The van der Waals surface area contributed by atoms with Crippen LogP contribution in [-0.4, -0.2) is 62.7 Å². The van der Waals surface area contributed by atoms with Crippen LogP contribution >= 0.6 is 0 Å². The van der Waals surface area contributed by atoms with E-state index in [0.717, 1.165) is 27.8 Å². The van der Waals surface area contributed by atoms with Crippen molar-refractivity contribution in [2.45, 2.75) is 33.7 Å². The lowest BCUT2D eigenvalue weighted by atomic mass is 10.1. The molecule has 10 heteroatoms. The highest BCUT2D eigenvalue weighted by Gasteiger charge is 2.30. The zero-order valence-electron chi connectivity index (χ0n) is 20.6. The number of benzene rings is 1. The molecule has 0 aliphatic carbocycles. The summed E-state index contributed by atoms with van der Waals surface area (Å²) in [6, 6.07) is 9.55. The van der Waals surface area contributed by atoms with Gasteiger partial charge in [0.05, 0.1) is 12.2 Å². The van der Waals surface area contributed by atoms with Gasteiger partial charge in [0.1, 0.15) is 11.5 Å². The van der Waals surface area contributed by atoms with Crippen LogP contribution in [0.2, 0.25) is 0 Å². The van der Waals surface area contributed by atoms with Gasteiger partial charge in [-0.1, -0.05) is 17.3 Å². The molecule has 4 heterocycles. The number of aromatic nitrogens is 4. The van der Waals surface area contributed by atoms with Crippen molar-refractivity contribution in [3.8, 4) is 11.4 Å². The Morgan fingerprint density at radius 3 is 2.83 bits per heavy atom. The monoisotopic (exact) mass is 488 g/mol. The minimum absolute atomic E-state index is 0.0727. The Kier molecular flexibility index (Phi) is 6.41. The average Bonchev–Trinajstić information content (AvgIpc) is 3.49. The van der Waals surface area contributed by atoms with Crippen LogP contribution < -0.4 is 5.32 Å². The van der Waals surface area contributed by atoms with Crippen LogP contribution in [0.25, 0.3) is 22.2 Å². The molecule has 1 aliphatic rings. The first-order valence-corrected chi connectivity index (χ1v) is 12.1. The number of fused-ring (bicyclic) bond motifs is 2. The number of hydrogen-bond donors (Lipinski definition) is 1. The SMILES string of the molecule is CCOC(=O)c1cc2c(n1CC)CCN(CCNc1nccc3ccc(-c4noc(C)n4)cc13)C2=O. The van der Waals surface area contributed by atoms with E-state index in [-0.39, 0.29) is 5.91 Å². The van der Waals surface area contributed by atoms with Gasteiger partial charge < -0.3 is 24.0 Å². The number of nitrogens with one attached hydrogen (secondary N) is 1. The van der Waals surface area contributed by atoms with E-state index in [2.05, 4.69) is 20.4 Å². The molecule has 5 rings (SSSR count). The molecular formula is C26H28N6O4. The fourth-order valence-electron chi connectivity index (χ4n) is 4.68. The number of pyridine rings is 1. The summed E-state index contributed by atoms with van der Waals surface area (Å²) in [6.07, 6.45) is 2.44. The molecule has 0 radical (unpaired) electrons. The molecule has 0 fully saturated rings. The molecule has 1 aromatic carbocycles. The van der Waals surface area contributed by atoms with Crippen LogP contribution in [0.4, 0.5) is 5.82 Å². The summed E-state index contributed by atoms with van der Waals surface area (Å²) in [5.41, 5.74) is 2.75. The minimum atomic E-state index is -0.396. The number of anilines is 1. The number of carbonyl (C=O) groups excluding carboxylic acids is 2. The Hall–Kier alpha value is -4.21. The Morgan fingerprint density at radius 2 is 2.08 bits per heavy atom. The molecule has 10 nitrogen and oxygen atoms in total. The largest absolute Gasteiger partial charge is 0.461 e. The van der Waals surface area contributed by atoms with Crippen molar-refractivity contribution in [2.75, 3.05) is 31.6 Å². The quantitative estimate of drug-likeness (QED) is 0.373. The number of aryl methyl sites for hydroxylation is 1. The van der Waals surface area contributed by atoms with Crippen LogP contribution in [0, 0.1) is 6.92 Å². The molecule has 0 saturated heterocycles. The maximum absolute atomic E-state index is 13.2. The first kappa shape index (κ1) is 23.5. The fraction of sp³-hybridized carbons (Fsp3) is 0.346. The Balaban J connectivity index is 1.31. The lowest BCUT2D eigenvalue weighted by molar-refractivity contribution is 0.0513. The third kappa shape index (κ3) is 4.30. The second-order valence-corrected chi connectivity index (χ2v) is 8.56. The summed E-state index contributed by atoms with van der Waals surface area (Å²) in [5, 5.41) is 9.35. The van der Waals surface area contributed by atoms with Crippen LogP contribution in [0.1, 0.15) is 46.3 Å². The third-order valence-corrected chi connectivity index (χ3v) is 6.37. The maximum atomic E-state index is 13.2. The highest BCUT2D eigenvalue weighted by atomic mass is 16.5. The molecule has 1 aliphatic heterocycles. The van der Waals surface area contributed by atoms with Crippen molar-refractivity contribution < 1.29 is 18.8 Å². The number of carbonyl (C=O) groups is 2.